The van der Waals surface area contributed by atoms with E-state index in [0.717, 1.165) is 5.56 Å². The number of fused-ring (bicyclic) bond motifs is 1. The van der Waals surface area contributed by atoms with E-state index in [2.05, 4.69) is 26.0 Å². The maximum atomic E-state index is 11.8. The molecule has 0 aromatic heterocycles. The van der Waals surface area contributed by atoms with E-state index in [1.807, 2.05) is 13.8 Å². The van der Waals surface area contributed by atoms with Crippen LogP contribution < -0.4 is 5.32 Å². The zero-order valence-electron chi connectivity index (χ0n) is 9.76. The van der Waals surface area contributed by atoms with Crippen molar-refractivity contribution in [2.75, 3.05) is 12.4 Å². The summed E-state index contributed by atoms with van der Waals surface area (Å²) < 4.78 is 5.31. The summed E-state index contributed by atoms with van der Waals surface area (Å²) in [5, 5.41) is 2.77. The van der Waals surface area contributed by atoms with Gasteiger partial charge in [0.25, 0.3) is 0 Å². The number of anilines is 1. The Hall–Kier alpha value is -1.36. The van der Waals surface area contributed by atoms with Gasteiger partial charge in [-0.2, -0.15) is 0 Å². The van der Waals surface area contributed by atoms with Gasteiger partial charge in [0.2, 0.25) is 5.91 Å². The number of carbonyl (C=O) groups is 2. The van der Waals surface area contributed by atoms with Crippen LogP contribution in [0.4, 0.5) is 5.69 Å². The van der Waals surface area contributed by atoms with Gasteiger partial charge in [-0.1, -0.05) is 0 Å². The molecule has 17 heavy (non-hydrogen) atoms. The number of amides is 1. The SMILES string of the molecule is COC(=O)c1cc2c(cc1Br)C(C)(C)C(=O)N2. The van der Waals surface area contributed by atoms with Crippen LogP contribution in [0.25, 0.3) is 0 Å². The third kappa shape index (κ3) is 1.74. The molecule has 1 aromatic rings. The number of nitrogens with one attached hydrogen (secondary N) is 1. The van der Waals surface area contributed by atoms with Crippen molar-refractivity contribution in [1.29, 1.82) is 0 Å². The predicted octanol–water partition coefficient (Wildman–Crippen LogP) is 2.47. The third-order valence-electron chi connectivity index (χ3n) is 3.00. The molecule has 0 spiro atoms. The average Bonchev–Trinajstić information content (AvgIpc) is 2.49. The number of carbonyl (C=O) groups excluding carboxylic acids is 2. The lowest BCUT2D eigenvalue weighted by molar-refractivity contribution is -0.119. The van der Waals surface area contributed by atoms with E-state index in [9.17, 15) is 9.59 Å². The molecular formula is C12H12BrNO3. The molecule has 0 saturated heterocycles. The molecule has 1 aliphatic rings. The van der Waals surface area contributed by atoms with Gasteiger partial charge in [0.15, 0.2) is 0 Å². The summed E-state index contributed by atoms with van der Waals surface area (Å²) in [4.78, 5) is 23.3. The van der Waals surface area contributed by atoms with Crippen molar-refractivity contribution in [1.82, 2.24) is 0 Å². The minimum atomic E-state index is -0.577. The Bertz CT molecular complexity index is 523. The number of methoxy groups -OCH3 is 1. The number of hydrogen-bond donors (Lipinski definition) is 1. The van der Waals surface area contributed by atoms with Crippen LogP contribution in [0.1, 0.15) is 29.8 Å². The van der Waals surface area contributed by atoms with E-state index < -0.39 is 11.4 Å². The second-order valence-electron chi connectivity index (χ2n) is 4.45. The topological polar surface area (TPSA) is 55.4 Å². The maximum absolute atomic E-state index is 11.8. The molecule has 0 aliphatic carbocycles. The van der Waals surface area contributed by atoms with Gasteiger partial charge < -0.3 is 10.1 Å². The van der Waals surface area contributed by atoms with Crippen LogP contribution in [-0.4, -0.2) is 19.0 Å². The highest BCUT2D eigenvalue weighted by atomic mass is 79.9. The smallest absolute Gasteiger partial charge is 0.339 e. The van der Waals surface area contributed by atoms with E-state index in [-0.39, 0.29) is 5.91 Å². The fourth-order valence-corrected chi connectivity index (χ4v) is 2.37. The third-order valence-corrected chi connectivity index (χ3v) is 3.66. The minimum absolute atomic E-state index is 0.0681. The van der Waals surface area contributed by atoms with Gasteiger partial charge in [-0.05, 0) is 47.5 Å². The number of ether oxygens (including phenoxy) is 1. The van der Waals surface area contributed by atoms with Crippen molar-refractivity contribution < 1.29 is 14.3 Å². The minimum Gasteiger partial charge on any atom is -0.465 e. The Morgan fingerprint density at radius 3 is 2.65 bits per heavy atom. The second-order valence-corrected chi connectivity index (χ2v) is 5.30. The lowest BCUT2D eigenvalue weighted by atomic mass is 9.86. The lowest BCUT2D eigenvalue weighted by Gasteiger charge is -2.15. The summed E-state index contributed by atoms with van der Waals surface area (Å²) >= 11 is 3.32. The van der Waals surface area contributed by atoms with Crippen molar-refractivity contribution in [3.05, 3.63) is 27.7 Å². The molecule has 5 heteroatoms. The molecule has 0 saturated carbocycles. The molecule has 1 aliphatic heterocycles. The predicted molar refractivity (Wildman–Crippen MR) is 67.1 cm³/mol. The Kier molecular flexibility index (Phi) is 2.73. The number of rotatable bonds is 1. The summed E-state index contributed by atoms with van der Waals surface area (Å²) in [6.45, 7) is 3.69. The monoisotopic (exact) mass is 297 g/mol. The van der Waals surface area contributed by atoms with Crippen LogP contribution in [0, 0.1) is 0 Å². The zero-order valence-corrected chi connectivity index (χ0v) is 11.3. The first kappa shape index (κ1) is 12.1. The molecule has 1 N–H and O–H groups in total. The normalized spacial score (nSPS) is 16.4. The molecule has 1 aromatic carbocycles. The molecule has 0 bridgehead atoms. The van der Waals surface area contributed by atoms with Crippen molar-refractivity contribution in [2.24, 2.45) is 0 Å². The average molecular weight is 298 g/mol. The van der Waals surface area contributed by atoms with Crippen LogP contribution in [0.3, 0.4) is 0 Å². The standard InChI is InChI=1S/C12H12BrNO3/c1-12(2)7-5-8(13)6(10(15)17-3)4-9(7)14-11(12)16/h4-5H,1-3H3,(H,14,16). The van der Waals surface area contributed by atoms with Crippen LogP contribution in [0.2, 0.25) is 0 Å². The first-order valence-corrected chi connectivity index (χ1v) is 5.91. The molecular weight excluding hydrogens is 286 g/mol. The summed E-state index contributed by atoms with van der Waals surface area (Å²) in [5.74, 6) is -0.500. The van der Waals surface area contributed by atoms with Crippen molar-refractivity contribution in [3.63, 3.8) is 0 Å². The Morgan fingerprint density at radius 1 is 1.41 bits per heavy atom. The van der Waals surface area contributed by atoms with Crippen molar-refractivity contribution in [2.45, 2.75) is 19.3 Å². The molecule has 2 rings (SSSR count). The maximum Gasteiger partial charge on any atom is 0.339 e. The van der Waals surface area contributed by atoms with E-state index in [0.29, 0.717) is 15.7 Å². The first-order valence-electron chi connectivity index (χ1n) is 5.11. The van der Waals surface area contributed by atoms with Gasteiger partial charge in [0, 0.05) is 10.2 Å². The summed E-state index contributed by atoms with van der Waals surface area (Å²) in [5.41, 5.74) is 1.38. The highest BCUT2D eigenvalue weighted by Crippen LogP contribution is 2.40. The van der Waals surface area contributed by atoms with Gasteiger partial charge in [0.1, 0.15) is 0 Å². The highest BCUT2D eigenvalue weighted by Gasteiger charge is 2.39. The Morgan fingerprint density at radius 2 is 2.06 bits per heavy atom. The van der Waals surface area contributed by atoms with Crippen LogP contribution >= 0.6 is 15.9 Å². The molecule has 1 amide bonds. The fourth-order valence-electron chi connectivity index (χ4n) is 1.86. The highest BCUT2D eigenvalue weighted by molar-refractivity contribution is 9.10. The number of esters is 1. The van der Waals surface area contributed by atoms with Gasteiger partial charge in [-0.15, -0.1) is 0 Å². The molecule has 90 valence electrons. The van der Waals surface area contributed by atoms with Gasteiger partial charge in [0.05, 0.1) is 18.1 Å². The van der Waals surface area contributed by atoms with Crippen LogP contribution in [-0.2, 0) is 14.9 Å². The van der Waals surface area contributed by atoms with Gasteiger partial charge in [-0.3, -0.25) is 4.79 Å². The van der Waals surface area contributed by atoms with E-state index in [4.69, 9.17) is 0 Å². The van der Waals surface area contributed by atoms with Gasteiger partial charge >= 0.3 is 5.97 Å². The molecule has 1 heterocycles. The quantitative estimate of drug-likeness (QED) is 0.810. The second kappa shape index (κ2) is 3.84. The molecule has 0 radical (unpaired) electrons. The molecule has 4 nitrogen and oxygen atoms in total. The van der Waals surface area contributed by atoms with Crippen LogP contribution in [0.5, 0.6) is 0 Å². The molecule has 0 fully saturated rings. The Labute approximate surface area is 107 Å². The number of hydrogen-bond acceptors (Lipinski definition) is 3. The largest absolute Gasteiger partial charge is 0.465 e. The van der Waals surface area contributed by atoms with E-state index >= 15 is 0 Å². The number of benzene rings is 1. The van der Waals surface area contributed by atoms with Gasteiger partial charge in [-0.25, -0.2) is 4.79 Å². The lowest BCUT2D eigenvalue weighted by Crippen LogP contribution is -2.26. The summed E-state index contributed by atoms with van der Waals surface area (Å²) in [7, 11) is 1.32. The van der Waals surface area contributed by atoms with Crippen molar-refractivity contribution >= 4 is 33.5 Å². The summed E-state index contributed by atoms with van der Waals surface area (Å²) in [6.07, 6.45) is 0. The molecule has 0 unspecified atom stereocenters. The van der Waals surface area contributed by atoms with Crippen molar-refractivity contribution in [3.8, 4) is 0 Å². The van der Waals surface area contributed by atoms with E-state index in [1.165, 1.54) is 7.11 Å². The van der Waals surface area contributed by atoms with Crippen LogP contribution in [0.15, 0.2) is 16.6 Å². The zero-order chi connectivity index (χ0) is 12.8. The first-order chi connectivity index (χ1) is 7.87. The number of halogens is 1. The fraction of sp³-hybridized carbons (Fsp3) is 0.333. The summed E-state index contributed by atoms with van der Waals surface area (Å²) in [6, 6.07) is 3.43. The molecule has 0 atom stereocenters. The Balaban J connectivity index is 2.59. The van der Waals surface area contributed by atoms with E-state index in [1.54, 1.807) is 12.1 Å².